The van der Waals surface area contributed by atoms with Crippen LogP contribution in [-0.4, -0.2) is 47.5 Å². The molecule has 122 valence electrons. The molecular weight excluding hydrogens is 290 g/mol. The van der Waals surface area contributed by atoms with Gasteiger partial charge in [-0.05, 0) is 19.4 Å². The van der Waals surface area contributed by atoms with E-state index in [1.807, 2.05) is 6.07 Å². The van der Waals surface area contributed by atoms with Gasteiger partial charge in [-0.1, -0.05) is 30.3 Å². The van der Waals surface area contributed by atoms with Crippen LogP contribution in [0.3, 0.4) is 0 Å². The van der Waals surface area contributed by atoms with Crippen molar-refractivity contribution >= 4 is 11.8 Å². The average molecular weight is 313 g/mol. The van der Waals surface area contributed by atoms with E-state index in [0.29, 0.717) is 25.2 Å². The second-order valence-electron chi connectivity index (χ2n) is 5.92. The minimum atomic E-state index is 0.324. The van der Waals surface area contributed by atoms with E-state index in [-0.39, 0.29) is 0 Å². The SMILES string of the molecule is CC(C)N(Cc1ccccc1)c1cnnc(N2CCOCC2)n1. The number of morpholine rings is 1. The third-order valence-corrected chi connectivity index (χ3v) is 3.94. The molecule has 0 amide bonds. The molecule has 23 heavy (non-hydrogen) atoms. The predicted molar refractivity (Wildman–Crippen MR) is 90.6 cm³/mol. The van der Waals surface area contributed by atoms with E-state index in [0.717, 1.165) is 25.5 Å². The monoisotopic (exact) mass is 313 g/mol. The second-order valence-corrected chi connectivity index (χ2v) is 5.92. The minimum Gasteiger partial charge on any atom is -0.378 e. The van der Waals surface area contributed by atoms with E-state index in [9.17, 15) is 0 Å². The number of ether oxygens (including phenoxy) is 1. The highest BCUT2D eigenvalue weighted by molar-refractivity contribution is 5.43. The van der Waals surface area contributed by atoms with E-state index in [1.165, 1.54) is 5.56 Å². The van der Waals surface area contributed by atoms with Crippen molar-refractivity contribution < 1.29 is 4.74 Å². The first-order valence-corrected chi connectivity index (χ1v) is 8.07. The topological polar surface area (TPSA) is 54.4 Å². The summed E-state index contributed by atoms with van der Waals surface area (Å²) in [5.41, 5.74) is 1.26. The minimum absolute atomic E-state index is 0.324. The summed E-state index contributed by atoms with van der Waals surface area (Å²) in [6.07, 6.45) is 1.74. The molecule has 1 aromatic heterocycles. The third-order valence-electron chi connectivity index (χ3n) is 3.94. The van der Waals surface area contributed by atoms with Crippen LogP contribution < -0.4 is 9.80 Å². The van der Waals surface area contributed by atoms with Crippen LogP contribution in [-0.2, 0) is 11.3 Å². The lowest BCUT2D eigenvalue weighted by Gasteiger charge is -2.30. The average Bonchev–Trinajstić information content (AvgIpc) is 2.61. The van der Waals surface area contributed by atoms with Gasteiger partial charge in [0.2, 0.25) is 5.95 Å². The fourth-order valence-electron chi connectivity index (χ4n) is 2.63. The molecule has 1 fully saturated rings. The molecule has 1 aromatic carbocycles. The van der Waals surface area contributed by atoms with E-state index in [1.54, 1.807) is 6.20 Å². The van der Waals surface area contributed by atoms with Crippen molar-refractivity contribution in [1.29, 1.82) is 0 Å². The van der Waals surface area contributed by atoms with Gasteiger partial charge in [0, 0.05) is 25.7 Å². The van der Waals surface area contributed by atoms with Crippen molar-refractivity contribution in [3.63, 3.8) is 0 Å². The normalized spacial score (nSPS) is 15.0. The quantitative estimate of drug-likeness (QED) is 0.843. The third kappa shape index (κ3) is 3.96. The molecule has 6 heteroatoms. The Kier molecular flexibility index (Phi) is 5.02. The van der Waals surface area contributed by atoms with Crippen LogP contribution in [0.1, 0.15) is 19.4 Å². The molecule has 6 nitrogen and oxygen atoms in total. The van der Waals surface area contributed by atoms with Gasteiger partial charge in [-0.25, -0.2) is 0 Å². The van der Waals surface area contributed by atoms with Gasteiger partial charge in [-0.2, -0.15) is 10.1 Å². The van der Waals surface area contributed by atoms with Gasteiger partial charge in [0.15, 0.2) is 5.82 Å². The van der Waals surface area contributed by atoms with Crippen molar-refractivity contribution in [2.75, 3.05) is 36.1 Å². The Bertz CT molecular complexity index is 613. The number of anilines is 2. The Morgan fingerprint density at radius 3 is 2.61 bits per heavy atom. The summed E-state index contributed by atoms with van der Waals surface area (Å²) < 4.78 is 5.39. The lowest BCUT2D eigenvalue weighted by Crippen LogP contribution is -2.38. The maximum Gasteiger partial charge on any atom is 0.247 e. The van der Waals surface area contributed by atoms with Gasteiger partial charge < -0.3 is 14.5 Å². The molecule has 0 spiro atoms. The van der Waals surface area contributed by atoms with Crippen molar-refractivity contribution in [1.82, 2.24) is 15.2 Å². The lowest BCUT2D eigenvalue weighted by atomic mass is 10.2. The summed E-state index contributed by atoms with van der Waals surface area (Å²) in [5, 5.41) is 8.36. The molecule has 0 aliphatic carbocycles. The molecule has 1 saturated heterocycles. The summed E-state index contributed by atoms with van der Waals surface area (Å²) in [7, 11) is 0. The molecule has 0 saturated carbocycles. The molecule has 0 radical (unpaired) electrons. The molecule has 0 bridgehead atoms. The van der Waals surface area contributed by atoms with Crippen molar-refractivity contribution in [2.24, 2.45) is 0 Å². The molecule has 0 unspecified atom stereocenters. The Morgan fingerprint density at radius 2 is 1.91 bits per heavy atom. The van der Waals surface area contributed by atoms with Crippen LogP contribution >= 0.6 is 0 Å². The molecule has 1 aliphatic heterocycles. The first kappa shape index (κ1) is 15.7. The standard InChI is InChI=1S/C17H23N5O/c1-14(2)22(13-15-6-4-3-5-7-15)16-12-18-20-17(19-16)21-8-10-23-11-9-21/h3-7,12,14H,8-11,13H2,1-2H3. The Morgan fingerprint density at radius 1 is 1.17 bits per heavy atom. The van der Waals surface area contributed by atoms with Crippen LogP contribution in [0.2, 0.25) is 0 Å². The second kappa shape index (κ2) is 7.37. The van der Waals surface area contributed by atoms with E-state index >= 15 is 0 Å². The maximum atomic E-state index is 5.39. The van der Waals surface area contributed by atoms with Gasteiger partial charge in [0.1, 0.15) is 0 Å². The van der Waals surface area contributed by atoms with Gasteiger partial charge in [0.05, 0.1) is 19.4 Å². The largest absolute Gasteiger partial charge is 0.378 e. The van der Waals surface area contributed by atoms with Crippen LogP contribution in [0.15, 0.2) is 36.5 Å². The van der Waals surface area contributed by atoms with Crippen molar-refractivity contribution in [2.45, 2.75) is 26.4 Å². The van der Waals surface area contributed by atoms with Crippen molar-refractivity contribution in [3.8, 4) is 0 Å². The zero-order valence-electron chi connectivity index (χ0n) is 13.7. The molecule has 2 heterocycles. The summed E-state index contributed by atoms with van der Waals surface area (Å²) in [5.74, 6) is 1.55. The lowest BCUT2D eigenvalue weighted by molar-refractivity contribution is 0.122. The fourth-order valence-corrected chi connectivity index (χ4v) is 2.63. The predicted octanol–water partition coefficient (Wildman–Crippen LogP) is 2.12. The molecule has 0 atom stereocenters. The highest BCUT2D eigenvalue weighted by atomic mass is 16.5. The number of hydrogen-bond acceptors (Lipinski definition) is 6. The molecule has 3 rings (SSSR count). The van der Waals surface area contributed by atoms with Gasteiger partial charge >= 0.3 is 0 Å². The van der Waals surface area contributed by atoms with E-state index < -0.39 is 0 Å². The summed E-state index contributed by atoms with van der Waals surface area (Å²) in [6.45, 7) is 8.19. The van der Waals surface area contributed by atoms with Gasteiger partial charge in [0.25, 0.3) is 0 Å². The smallest absolute Gasteiger partial charge is 0.247 e. The van der Waals surface area contributed by atoms with Crippen molar-refractivity contribution in [3.05, 3.63) is 42.1 Å². The number of hydrogen-bond donors (Lipinski definition) is 0. The highest BCUT2D eigenvalue weighted by Gasteiger charge is 2.18. The first-order valence-electron chi connectivity index (χ1n) is 8.07. The molecular formula is C17H23N5O. The van der Waals surface area contributed by atoms with Crippen LogP contribution in [0.25, 0.3) is 0 Å². The maximum absolute atomic E-state index is 5.39. The Hall–Kier alpha value is -2.21. The number of rotatable bonds is 5. The Labute approximate surface area is 137 Å². The Balaban J connectivity index is 1.82. The summed E-state index contributed by atoms with van der Waals surface area (Å²) in [4.78, 5) is 9.11. The molecule has 2 aromatic rings. The molecule has 0 N–H and O–H groups in total. The zero-order valence-corrected chi connectivity index (χ0v) is 13.7. The number of aromatic nitrogens is 3. The van der Waals surface area contributed by atoms with E-state index in [2.05, 4.69) is 58.1 Å². The van der Waals surface area contributed by atoms with E-state index in [4.69, 9.17) is 9.72 Å². The number of nitrogens with zero attached hydrogens (tertiary/aromatic N) is 5. The molecule has 1 aliphatic rings. The van der Waals surface area contributed by atoms with Crippen LogP contribution in [0.4, 0.5) is 11.8 Å². The van der Waals surface area contributed by atoms with Gasteiger partial charge in [-0.15, -0.1) is 5.10 Å². The van der Waals surface area contributed by atoms with Crippen LogP contribution in [0.5, 0.6) is 0 Å². The summed E-state index contributed by atoms with van der Waals surface area (Å²) >= 11 is 0. The fraction of sp³-hybridized carbons (Fsp3) is 0.471. The highest BCUT2D eigenvalue weighted by Crippen LogP contribution is 2.19. The van der Waals surface area contributed by atoms with Gasteiger partial charge in [-0.3, -0.25) is 0 Å². The zero-order chi connectivity index (χ0) is 16.1. The van der Waals surface area contributed by atoms with Crippen LogP contribution in [0, 0.1) is 0 Å². The summed E-state index contributed by atoms with van der Waals surface area (Å²) in [6, 6.07) is 10.7. The first-order chi connectivity index (χ1) is 11.2. The number of benzene rings is 1.